The highest BCUT2D eigenvalue weighted by atomic mass is 32.2. The molecular weight excluding hydrogens is 256 g/mol. The van der Waals surface area contributed by atoms with Crippen molar-refractivity contribution in [1.29, 1.82) is 0 Å². The summed E-state index contributed by atoms with van der Waals surface area (Å²) in [6.45, 7) is 6.44. The average molecular weight is 270 g/mol. The highest BCUT2D eigenvalue weighted by Crippen LogP contribution is 2.28. The van der Waals surface area contributed by atoms with Crippen LogP contribution in [0.2, 0.25) is 0 Å². The first-order valence-corrected chi connectivity index (χ1v) is 6.47. The van der Waals surface area contributed by atoms with Gasteiger partial charge in [0.1, 0.15) is 0 Å². The van der Waals surface area contributed by atoms with Crippen molar-refractivity contribution >= 4 is 47.0 Å². The van der Waals surface area contributed by atoms with Crippen LogP contribution in [0.3, 0.4) is 0 Å². The summed E-state index contributed by atoms with van der Waals surface area (Å²) in [6, 6.07) is 8.22. The summed E-state index contributed by atoms with van der Waals surface area (Å²) in [6.07, 6.45) is 0. The van der Waals surface area contributed by atoms with Crippen molar-refractivity contribution < 1.29 is 0 Å². The van der Waals surface area contributed by atoms with Crippen molar-refractivity contribution in [1.82, 2.24) is 9.71 Å². The molecular formula is C11H14N2S3. The molecule has 1 heterocycles. The van der Waals surface area contributed by atoms with Gasteiger partial charge in [-0.15, -0.1) is 11.3 Å². The molecule has 1 aromatic carbocycles. The minimum absolute atomic E-state index is 0. The molecule has 86 valence electrons. The highest BCUT2D eigenvalue weighted by molar-refractivity contribution is 7.99. The van der Waals surface area contributed by atoms with E-state index >= 15 is 0 Å². The molecule has 2 radical (unpaired) electrons. The van der Waals surface area contributed by atoms with E-state index in [1.54, 1.807) is 23.3 Å². The molecule has 0 aliphatic carbocycles. The van der Waals surface area contributed by atoms with Crippen molar-refractivity contribution in [2.45, 2.75) is 30.6 Å². The standard InChI is InChI=1S/C11H14N2S2.S/c1-11(2,3)13-15-10-12-8-6-4-5-7-9(8)14-10;/h4-7,13H,1-3H3;. The van der Waals surface area contributed by atoms with Crippen LogP contribution in [0, 0.1) is 0 Å². The van der Waals surface area contributed by atoms with Crippen molar-refractivity contribution in [3.8, 4) is 0 Å². The summed E-state index contributed by atoms with van der Waals surface area (Å²) in [7, 11) is 0. The molecule has 5 heteroatoms. The van der Waals surface area contributed by atoms with E-state index in [1.165, 1.54) is 4.70 Å². The molecule has 1 aromatic heterocycles. The number of thiazole rings is 1. The zero-order chi connectivity index (χ0) is 10.9. The average Bonchev–Trinajstić information content (AvgIpc) is 2.56. The maximum Gasteiger partial charge on any atom is 0.166 e. The second kappa shape index (κ2) is 5.40. The van der Waals surface area contributed by atoms with Crippen molar-refractivity contribution in [3.05, 3.63) is 24.3 Å². The zero-order valence-corrected chi connectivity index (χ0v) is 11.9. The van der Waals surface area contributed by atoms with Gasteiger partial charge in [-0.2, -0.15) is 0 Å². The molecule has 0 fully saturated rings. The first-order chi connectivity index (χ1) is 7.04. The largest absolute Gasteiger partial charge is 0.253 e. The monoisotopic (exact) mass is 270 g/mol. The van der Waals surface area contributed by atoms with E-state index in [2.05, 4.69) is 36.5 Å². The van der Waals surface area contributed by atoms with Gasteiger partial charge in [0.05, 0.1) is 10.2 Å². The molecule has 0 bridgehead atoms. The Morgan fingerprint density at radius 2 is 1.94 bits per heavy atom. The molecule has 0 amide bonds. The van der Waals surface area contributed by atoms with Crippen LogP contribution in [0.5, 0.6) is 0 Å². The lowest BCUT2D eigenvalue weighted by atomic mass is 10.1. The van der Waals surface area contributed by atoms with Gasteiger partial charge < -0.3 is 0 Å². The topological polar surface area (TPSA) is 24.9 Å². The maximum absolute atomic E-state index is 4.53. The molecule has 0 aliphatic rings. The van der Waals surface area contributed by atoms with Crippen LogP contribution < -0.4 is 4.72 Å². The molecule has 2 nitrogen and oxygen atoms in total. The quantitative estimate of drug-likeness (QED) is 0.822. The molecule has 0 atom stereocenters. The van der Waals surface area contributed by atoms with Gasteiger partial charge in [0, 0.05) is 19.0 Å². The molecule has 2 rings (SSSR count). The third-order valence-corrected chi connectivity index (χ3v) is 4.03. The highest BCUT2D eigenvalue weighted by Gasteiger charge is 2.11. The van der Waals surface area contributed by atoms with Crippen molar-refractivity contribution in [2.24, 2.45) is 0 Å². The van der Waals surface area contributed by atoms with E-state index in [4.69, 9.17) is 0 Å². The van der Waals surface area contributed by atoms with Crippen LogP contribution in [-0.4, -0.2) is 10.5 Å². The number of benzene rings is 1. The number of fused-ring (bicyclic) bond motifs is 1. The Hall–Kier alpha value is -0.230. The fraction of sp³-hybridized carbons (Fsp3) is 0.364. The number of aromatic nitrogens is 1. The number of hydrogen-bond donors (Lipinski definition) is 1. The van der Waals surface area contributed by atoms with Crippen LogP contribution in [0.15, 0.2) is 28.6 Å². The maximum atomic E-state index is 4.53. The van der Waals surface area contributed by atoms with E-state index in [1.807, 2.05) is 18.2 Å². The van der Waals surface area contributed by atoms with Gasteiger partial charge in [-0.3, -0.25) is 4.72 Å². The fourth-order valence-electron chi connectivity index (χ4n) is 1.09. The minimum Gasteiger partial charge on any atom is -0.253 e. The van der Waals surface area contributed by atoms with Gasteiger partial charge in [0.25, 0.3) is 0 Å². The van der Waals surface area contributed by atoms with E-state index in [0.29, 0.717) is 0 Å². The van der Waals surface area contributed by atoms with Gasteiger partial charge in [-0.05, 0) is 44.9 Å². The van der Waals surface area contributed by atoms with Gasteiger partial charge in [0.15, 0.2) is 4.34 Å². The van der Waals surface area contributed by atoms with E-state index in [9.17, 15) is 0 Å². The zero-order valence-electron chi connectivity index (χ0n) is 9.48. The first-order valence-electron chi connectivity index (χ1n) is 4.84. The minimum atomic E-state index is 0. The summed E-state index contributed by atoms with van der Waals surface area (Å²) in [4.78, 5) is 4.53. The van der Waals surface area contributed by atoms with Crippen LogP contribution >= 0.6 is 36.8 Å². The number of nitrogens with one attached hydrogen (secondary N) is 1. The molecule has 0 unspecified atom stereocenters. The Bertz CT molecular complexity index is 426. The Morgan fingerprint density at radius 1 is 1.25 bits per heavy atom. The summed E-state index contributed by atoms with van der Waals surface area (Å²) in [5, 5.41) is 0. The van der Waals surface area contributed by atoms with Gasteiger partial charge in [0.2, 0.25) is 0 Å². The number of para-hydroxylation sites is 1. The second-order valence-corrected chi connectivity index (χ2v) is 6.49. The summed E-state index contributed by atoms with van der Waals surface area (Å²) in [5.74, 6) is 0. The normalized spacial score (nSPS) is 11.4. The van der Waals surface area contributed by atoms with Gasteiger partial charge >= 0.3 is 0 Å². The third-order valence-electron chi connectivity index (χ3n) is 1.72. The van der Waals surface area contributed by atoms with Crippen LogP contribution in [-0.2, 0) is 0 Å². The second-order valence-electron chi connectivity index (χ2n) is 4.40. The fourth-order valence-corrected chi connectivity index (χ4v) is 2.89. The predicted molar refractivity (Wildman–Crippen MR) is 76.0 cm³/mol. The lowest BCUT2D eigenvalue weighted by molar-refractivity contribution is 0.535. The summed E-state index contributed by atoms with van der Waals surface area (Å²) >= 11 is 3.34. The molecule has 2 aromatic rings. The smallest absolute Gasteiger partial charge is 0.166 e. The predicted octanol–water partition coefficient (Wildman–Crippen LogP) is 4.34. The Balaban J connectivity index is 0.00000128. The Morgan fingerprint density at radius 3 is 2.56 bits per heavy atom. The van der Waals surface area contributed by atoms with Gasteiger partial charge in [-0.25, -0.2) is 4.98 Å². The summed E-state index contributed by atoms with van der Waals surface area (Å²) in [5.41, 5.74) is 1.20. The molecule has 0 aliphatic heterocycles. The van der Waals surface area contributed by atoms with Crippen LogP contribution in [0.1, 0.15) is 20.8 Å². The third kappa shape index (κ3) is 3.66. The summed E-state index contributed by atoms with van der Waals surface area (Å²) < 4.78 is 5.68. The lowest BCUT2D eigenvalue weighted by Gasteiger charge is -2.17. The van der Waals surface area contributed by atoms with Gasteiger partial charge in [-0.1, -0.05) is 12.1 Å². The van der Waals surface area contributed by atoms with E-state index in [0.717, 1.165) is 9.86 Å². The van der Waals surface area contributed by atoms with Crippen molar-refractivity contribution in [3.63, 3.8) is 0 Å². The van der Waals surface area contributed by atoms with Crippen LogP contribution in [0.4, 0.5) is 0 Å². The van der Waals surface area contributed by atoms with Crippen molar-refractivity contribution in [2.75, 3.05) is 0 Å². The SMILES string of the molecule is CC(C)(C)NSc1nc2ccccc2s1.[S]. The first kappa shape index (κ1) is 13.8. The number of hydrogen-bond acceptors (Lipinski definition) is 4. The van der Waals surface area contributed by atoms with E-state index < -0.39 is 0 Å². The molecule has 1 N–H and O–H groups in total. The molecule has 0 spiro atoms. The Labute approximate surface area is 111 Å². The van der Waals surface area contributed by atoms with E-state index in [-0.39, 0.29) is 19.0 Å². The molecule has 0 saturated heterocycles. The molecule has 16 heavy (non-hydrogen) atoms. The number of nitrogens with zero attached hydrogens (tertiary/aromatic N) is 1. The number of rotatable bonds is 2. The Kier molecular flexibility index (Phi) is 4.67. The van der Waals surface area contributed by atoms with Crippen LogP contribution in [0.25, 0.3) is 10.2 Å². The lowest BCUT2D eigenvalue weighted by Crippen LogP contribution is -2.29. The molecule has 0 saturated carbocycles.